The van der Waals surface area contributed by atoms with Gasteiger partial charge in [-0.05, 0) is 24.9 Å². The van der Waals surface area contributed by atoms with Crippen molar-refractivity contribution in [2.75, 3.05) is 25.1 Å². The SMILES string of the molecule is CC(C)c1ccc(C(=O)CN(C)C2CCS(=O)(=O)C2)cc1. The molecule has 0 saturated carbocycles. The van der Waals surface area contributed by atoms with E-state index in [1.165, 1.54) is 5.56 Å². The summed E-state index contributed by atoms with van der Waals surface area (Å²) in [5.41, 5.74) is 1.90. The lowest BCUT2D eigenvalue weighted by Gasteiger charge is -2.22. The molecule has 0 aliphatic carbocycles. The second-order valence-corrected chi connectivity index (χ2v) is 8.40. The van der Waals surface area contributed by atoms with E-state index in [1.54, 1.807) is 0 Å². The van der Waals surface area contributed by atoms with E-state index in [2.05, 4.69) is 13.8 Å². The summed E-state index contributed by atoms with van der Waals surface area (Å²) in [4.78, 5) is 14.1. The van der Waals surface area contributed by atoms with E-state index in [1.807, 2.05) is 36.2 Å². The molecule has 1 aliphatic rings. The number of likely N-dealkylation sites (N-methyl/N-ethyl adjacent to an activating group) is 1. The largest absolute Gasteiger partial charge is 0.295 e. The van der Waals surface area contributed by atoms with Crippen molar-refractivity contribution >= 4 is 15.6 Å². The molecule has 0 N–H and O–H groups in total. The van der Waals surface area contributed by atoms with Crippen molar-refractivity contribution in [1.29, 1.82) is 0 Å². The number of ketones is 1. The Bertz CT molecular complexity index is 605. The number of hydrogen-bond acceptors (Lipinski definition) is 4. The van der Waals surface area contributed by atoms with Crippen LogP contribution in [-0.4, -0.2) is 50.2 Å². The topological polar surface area (TPSA) is 54.5 Å². The molecular weight excluding hydrogens is 286 g/mol. The molecule has 1 saturated heterocycles. The van der Waals surface area contributed by atoms with Crippen molar-refractivity contribution < 1.29 is 13.2 Å². The zero-order valence-electron chi connectivity index (χ0n) is 12.9. The van der Waals surface area contributed by atoms with Crippen LogP contribution >= 0.6 is 0 Å². The highest BCUT2D eigenvalue weighted by molar-refractivity contribution is 7.91. The van der Waals surface area contributed by atoms with E-state index in [0.29, 0.717) is 17.9 Å². The third kappa shape index (κ3) is 4.14. The van der Waals surface area contributed by atoms with E-state index in [-0.39, 0.29) is 29.9 Å². The van der Waals surface area contributed by atoms with E-state index >= 15 is 0 Å². The first-order chi connectivity index (χ1) is 9.78. The second-order valence-electron chi connectivity index (χ2n) is 6.17. The van der Waals surface area contributed by atoms with Crippen LogP contribution in [0.3, 0.4) is 0 Å². The minimum absolute atomic E-state index is 0.0334. The first kappa shape index (κ1) is 16.2. The Kier molecular flexibility index (Phi) is 4.84. The van der Waals surface area contributed by atoms with Crippen LogP contribution in [0, 0.1) is 0 Å². The molecule has 1 heterocycles. The van der Waals surface area contributed by atoms with Crippen LogP contribution in [0.5, 0.6) is 0 Å². The van der Waals surface area contributed by atoms with Gasteiger partial charge < -0.3 is 0 Å². The fourth-order valence-corrected chi connectivity index (χ4v) is 4.43. The maximum atomic E-state index is 12.3. The molecule has 1 aliphatic heterocycles. The van der Waals surface area contributed by atoms with Crippen LogP contribution in [0.15, 0.2) is 24.3 Å². The van der Waals surface area contributed by atoms with Crippen LogP contribution in [-0.2, 0) is 9.84 Å². The van der Waals surface area contributed by atoms with Crippen LogP contribution in [0.1, 0.15) is 42.1 Å². The van der Waals surface area contributed by atoms with Crippen LogP contribution in [0.4, 0.5) is 0 Å². The minimum Gasteiger partial charge on any atom is -0.295 e. The Morgan fingerprint density at radius 3 is 2.38 bits per heavy atom. The normalized spacial score (nSPS) is 21.1. The molecule has 1 aromatic rings. The van der Waals surface area contributed by atoms with Gasteiger partial charge in [0.15, 0.2) is 15.6 Å². The zero-order valence-corrected chi connectivity index (χ0v) is 13.7. The van der Waals surface area contributed by atoms with Gasteiger partial charge in [-0.1, -0.05) is 38.1 Å². The van der Waals surface area contributed by atoms with Crippen LogP contribution in [0.2, 0.25) is 0 Å². The van der Waals surface area contributed by atoms with Gasteiger partial charge in [0.2, 0.25) is 0 Å². The van der Waals surface area contributed by atoms with E-state index in [0.717, 1.165) is 0 Å². The summed E-state index contributed by atoms with van der Waals surface area (Å²) in [6, 6.07) is 7.65. The highest BCUT2D eigenvalue weighted by atomic mass is 32.2. The molecule has 0 bridgehead atoms. The lowest BCUT2D eigenvalue weighted by Crippen LogP contribution is -2.36. The number of carbonyl (C=O) groups is 1. The molecule has 1 atom stereocenters. The molecule has 1 unspecified atom stereocenters. The third-order valence-corrected chi connectivity index (χ3v) is 5.87. The molecule has 5 heteroatoms. The number of carbonyl (C=O) groups excluding carboxylic acids is 1. The zero-order chi connectivity index (χ0) is 15.6. The van der Waals surface area contributed by atoms with Gasteiger partial charge in [-0.15, -0.1) is 0 Å². The summed E-state index contributed by atoms with van der Waals surface area (Å²) in [6.07, 6.45) is 0.623. The van der Waals surface area contributed by atoms with E-state index in [9.17, 15) is 13.2 Å². The lowest BCUT2D eigenvalue weighted by atomic mass is 10.0. The molecule has 1 aromatic carbocycles. The highest BCUT2D eigenvalue weighted by Gasteiger charge is 2.31. The highest BCUT2D eigenvalue weighted by Crippen LogP contribution is 2.18. The smallest absolute Gasteiger partial charge is 0.176 e. The Morgan fingerprint density at radius 2 is 1.90 bits per heavy atom. The maximum absolute atomic E-state index is 12.3. The van der Waals surface area contributed by atoms with Gasteiger partial charge in [0.25, 0.3) is 0 Å². The van der Waals surface area contributed by atoms with E-state index < -0.39 is 9.84 Å². The fourth-order valence-electron chi connectivity index (χ4n) is 2.62. The first-order valence-corrected chi connectivity index (χ1v) is 9.14. The number of hydrogen-bond donors (Lipinski definition) is 0. The van der Waals surface area contributed by atoms with Gasteiger partial charge in [-0.2, -0.15) is 0 Å². The summed E-state index contributed by atoms with van der Waals surface area (Å²) in [7, 11) is -1.08. The number of nitrogens with zero attached hydrogens (tertiary/aromatic N) is 1. The third-order valence-electron chi connectivity index (χ3n) is 4.12. The van der Waals surface area contributed by atoms with Crippen molar-refractivity contribution in [3.05, 3.63) is 35.4 Å². The summed E-state index contributed by atoms with van der Waals surface area (Å²) in [5, 5.41) is 0. The molecule has 0 radical (unpaired) electrons. The van der Waals surface area contributed by atoms with Crippen molar-refractivity contribution in [3.63, 3.8) is 0 Å². The van der Waals surface area contributed by atoms with Gasteiger partial charge in [0.1, 0.15) is 0 Å². The molecule has 21 heavy (non-hydrogen) atoms. The predicted molar refractivity (Wildman–Crippen MR) is 84.6 cm³/mol. The van der Waals surface area contributed by atoms with Gasteiger partial charge in [0, 0.05) is 11.6 Å². The lowest BCUT2D eigenvalue weighted by molar-refractivity contribution is 0.0926. The first-order valence-electron chi connectivity index (χ1n) is 7.32. The van der Waals surface area contributed by atoms with Crippen molar-refractivity contribution in [3.8, 4) is 0 Å². The Morgan fingerprint density at radius 1 is 1.29 bits per heavy atom. The van der Waals surface area contributed by atoms with Gasteiger partial charge in [-0.25, -0.2) is 8.42 Å². The summed E-state index contributed by atoms with van der Waals surface area (Å²) < 4.78 is 23.0. The number of rotatable bonds is 5. The molecular formula is C16H23NO3S. The molecule has 0 spiro atoms. The van der Waals surface area contributed by atoms with Gasteiger partial charge >= 0.3 is 0 Å². The molecule has 4 nitrogen and oxygen atoms in total. The Labute approximate surface area is 127 Å². The molecule has 1 fully saturated rings. The average Bonchev–Trinajstić information content (AvgIpc) is 2.79. The molecule has 2 rings (SSSR count). The van der Waals surface area contributed by atoms with Crippen molar-refractivity contribution in [2.24, 2.45) is 0 Å². The number of sulfone groups is 1. The van der Waals surface area contributed by atoms with Crippen molar-refractivity contribution in [2.45, 2.75) is 32.2 Å². The Hall–Kier alpha value is -1.20. The number of Topliss-reactive ketones (excluding diaryl/α,β-unsaturated/α-hetero) is 1. The number of benzene rings is 1. The fraction of sp³-hybridized carbons (Fsp3) is 0.562. The quantitative estimate of drug-likeness (QED) is 0.782. The monoisotopic (exact) mass is 309 g/mol. The average molecular weight is 309 g/mol. The van der Waals surface area contributed by atoms with Gasteiger partial charge in [0.05, 0.1) is 18.1 Å². The molecule has 0 amide bonds. The molecule has 0 aromatic heterocycles. The van der Waals surface area contributed by atoms with E-state index in [4.69, 9.17) is 0 Å². The molecule has 116 valence electrons. The predicted octanol–water partition coefficient (Wildman–Crippen LogP) is 2.11. The standard InChI is InChI=1S/C16H23NO3S/c1-12(2)13-4-6-14(7-5-13)16(18)10-17(3)15-8-9-21(19,20)11-15/h4-7,12,15H,8-11H2,1-3H3. The summed E-state index contributed by atoms with van der Waals surface area (Å²) in [6.45, 7) is 4.50. The second kappa shape index (κ2) is 6.28. The summed E-state index contributed by atoms with van der Waals surface area (Å²) >= 11 is 0. The van der Waals surface area contributed by atoms with Crippen LogP contribution in [0.25, 0.3) is 0 Å². The van der Waals surface area contributed by atoms with Crippen molar-refractivity contribution in [1.82, 2.24) is 4.90 Å². The van der Waals surface area contributed by atoms with Crippen LogP contribution < -0.4 is 0 Å². The Balaban J connectivity index is 1.98. The maximum Gasteiger partial charge on any atom is 0.176 e. The minimum atomic E-state index is -2.91. The van der Waals surface area contributed by atoms with Gasteiger partial charge in [-0.3, -0.25) is 9.69 Å². The summed E-state index contributed by atoms with van der Waals surface area (Å²) in [5.74, 6) is 0.889.